The molecule has 3 aromatic rings. The molecule has 0 spiro atoms. The summed E-state index contributed by atoms with van der Waals surface area (Å²) in [5.74, 6) is 5.43. The van der Waals surface area contributed by atoms with Crippen LogP contribution in [0.1, 0.15) is 77.6 Å². The Hall–Kier alpha value is -2.08. The van der Waals surface area contributed by atoms with Gasteiger partial charge in [-0.05, 0) is 89.1 Å². The first-order valence-electron chi connectivity index (χ1n) is 25.0. The number of amides is 1. The molecule has 422 valence electrons. The molecule has 19 nitrogen and oxygen atoms in total. The van der Waals surface area contributed by atoms with Crippen LogP contribution in [0.2, 0.25) is 30.5 Å². The van der Waals surface area contributed by atoms with Gasteiger partial charge in [0.15, 0.2) is 32.9 Å². The lowest BCUT2D eigenvalue weighted by molar-refractivity contribution is -0.121. The van der Waals surface area contributed by atoms with E-state index in [0.717, 1.165) is 116 Å². The van der Waals surface area contributed by atoms with E-state index in [2.05, 4.69) is 81.0 Å². The van der Waals surface area contributed by atoms with Crippen LogP contribution in [0, 0.1) is 11.8 Å². The van der Waals surface area contributed by atoms with Crippen molar-refractivity contribution in [3.63, 3.8) is 0 Å². The third kappa shape index (κ3) is 20.3. The zero-order valence-corrected chi connectivity index (χ0v) is 49.9. The lowest BCUT2D eigenvalue weighted by atomic mass is 9.84. The van der Waals surface area contributed by atoms with Crippen LogP contribution in [-0.4, -0.2) is 176 Å². The van der Waals surface area contributed by atoms with Crippen LogP contribution in [0.15, 0.2) is 0 Å². The van der Waals surface area contributed by atoms with Gasteiger partial charge in [-0.25, -0.2) is 0 Å². The smallest absolute Gasteiger partial charge is 0.225 e. The maximum Gasteiger partial charge on any atom is 0.225 e. The second-order valence-corrected chi connectivity index (χ2v) is 20.8. The number of rotatable bonds is 14. The van der Waals surface area contributed by atoms with Crippen molar-refractivity contribution >= 4 is 148 Å². The molecule has 5 fully saturated rings. The summed E-state index contributed by atoms with van der Waals surface area (Å²) in [5, 5.41) is 17.3. The standard InChI is InChI=1S/C20H32Cl2N6O.C17H28Cl2N6.C9H13Cl2N5.3ClH.H2O/c1-3-16(29)24-15-6-4-14(5-7-15)8-9-27-10-12-28(13-11-27)19-17(21)18(22)25-20(23-2)26-19;1-21-17-22-15(19)14(18)16(23-17)25-10-8-24(9-11-25)7-6-12-2-4-13(20)5-3-12;1-12-9-14-7(11)6(10)8(15-9)16-4-2-13-3-5-16;;;;/h14-15H,3-13H2,1-2H3,(H,24,29)(H,23,25,26);12-13H,2-11,20H2,1H3,(H,21,22,23);13H,2-5H2,1H3,(H,12,14,15);3*1H;1H2. The number of halogens is 9. The van der Waals surface area contributed by atoms with E-state index in [0.29, 0.717) is 68.2 Å². The molecule has 74 heavy (non-hydrogen) atoms. The third-order valence-corrected chi connectivity index (χ3v) is 16.1. The van der Waals surface area contributed by atoms with Gasteiger partial charge in [0, 0.05) is 118 Å². The van der Waals surface area contributed by atoms with Gasteiger partial charge in [-0.2, -0.15) is 29.9 Å². The Bertz CT molecular complexity index is 2110. The van der Waals surface area contributed by atoms with Crippen molar-refractivity contribution in [2.75, 3.05) is 143 Å². The van der Waals surface area contributed by atoms with Crippen LogP contribution < -0.4 is 47.0 Å². The first kappa shape index (κ1) is 68.0. The number of carbonyl (C=O) groups is 1. The fourth-order valence-electron chi connectivity index (χ4n) is 9.57. The van der Waals surface area contributed by atoms with E-state index >= 15 is 0 Å². The van der Waals surface area contributed by atoms with Crippen LogP contribution in [0.4, 0.5) is 35.3 Å². The Labute approximate surface area is 486 Å². The summed E-state index contributed by atoms with van der Waals surface area (Å²) in [6.45, 7) is 15.4. The van der Waals surface area contributed by atoms with Crippen molar-refractivity contribution in [2.45, 2.75) is 89.6 Å². The quantitative estimate of drug-likeness (QED) is 0.0842. The van der Waals surface area contributed by atoms with Crippen LogP contribution in [-0.2, 0) is 4.79 Å². The summed E-state index contributed by atoms with van der Waals surface area (Å²) >= 11 is 37.0. The minimum atomic E-state index is 0. The Balaban J connectivity index is 0.000000383. The molecule has 3 aliphatic heterocycles. The lowest BCUT2D eigenvalue weighted by Gasteiger charge is -2.37. The highest BCUT2D eigenvalue weighted by molar-refractivity contribution is 6.44. The maximum atomic E-state index is 11.5. The topological polar surface area (TPSA) is 228 Å². The molecule has 9 N–H and O–H groups in total. The maximum absolute atomic E-state index is 11.5. The van der Waals surface area contributed by atoms with Crippen molar-refractivity contribution < 1.29 is 10.3 Å². The van der Waals surface area contributed by atoms with E-state index in [1.54, 1.807) is 21.1 Å². The SMILES string of the molecule is CCC(=O)NC1CCC(CCN2CCN(c3nc(NC)nc(Cl)c3Cl)CC2)CC1.CNc1nc(Cl)c(Cl)c(N2CCN(CCC3CCC(N)CC3)CC2)n1.CNc1nc(Cl)c(Cl)c(N2CCNCC2)n1.Cl.Cl.Cl.O. The largest absolute Gasteiger partial charge is 0.412 e. The summed E-state index contributed by atoms with van der Waals surface area (Å²) in [6.07, 6.45) is 12.7. The zero-order valence-electron chi connectivity index (χ0n) is 42.9. The van der Waals surface area contributed by atoms with Gasteiger partial charge in [0.25, 0.3) is 0 Å². The Morgan fingerprint density at radius 3 is 1.22 bits per heavy atom. The highest BCUT2D eigenvalue weighted by Crippen LogP contribution is 2.35. The molecule has 2 saturated carbocycles. The average Bonchev–Trinajstić information content (AvgIpc) is 3.39. The van der Waals surface area contributed by atoms with Crippen LogP contribution >= 0.6 is 107 Å². The number of anilines is 6. The van der Waals surface area contributed by atoms with Crippen LogP contribution in [0.5, 0.6) is 0 Å². The molecule has 5 aliphatic rings. The van der Waals surface area contributed by atoms with Crippen molar-refractivity contribution in [3.05, 3.63) is 30.5 Å². The molecule has 0 atom stereocenters. The Kier molecular flexibility index (Phi) is 31.9. The third-order valence-electron chi connectivity index (χ3n) is 13.9. The summed E-state index contributed by atoms with van der Waals surface area (Å²) in [7, 11) is 5.30. The fourth-order valence-corrected chi connectivity index (χ4v) is 10.7. The molecule has 6 heterocycles. The lowest BCUT2D eigenvalue weighted by Crippen LogP contribution is -2.47. The number of hydrogen-bond donors (Lipinski definition) is 6. The summed E-state index contributed by atoms with van der Waals surface area (Å²) in [5.41, 5.74) is 6.00. The van der Waals surface area contributed by atoms with Gasteiger partial charge < -0.3 is 52.5 Å². The molecular formula is C46H78Cl9N17O2. The highest BCUT2D eigenvalue weighted by atomic mass is 35.5. The van der Waals surface area contributed by atoms with E-state index < -0.39 is 0 Å². The fraction of sp³-hybridized carbons (Fsp3) is 0.717. The van der Waals surface area contributed by atoms with Crippen molar-refractivity contribution in [3.8, 4) is 0 Å². The van der Waals surface area contributed by atoms with E-state index in [1.807, 2.05) is 6.92 Å². The van der Waals surface area contributed by atoms with Crippen molar-refractivity contribution in [1.82, 2.24) is 50.3 Å². The molecule has 0 radical (unpaired) electrons. The summed E-state index contributed by atoms with van der Waals surface area (Å²) < 4.78 is 0. The molecule has 2 aliphatic carbocycles. The van der Waals surface area contributed by atoms with Gasteiger partial charge in [0.2, 0.25) is 23.8 Å². The van der Waals surface area contributed by atoms with Gasteiger partial charge in [0.1, 0.15) is 15.1 Å². The number of hydrogen-bond acceptors (Lipinski definition) is 17. The monoisotopic (exact) mass is 1220 g/mol. The predicted molar refractivity (Wildman–Crippen MR) is 316 cm³/mol. The number of aromatic nitrogens is 6. The second-order valence-electron chi connectivity index (χ2n) is 18.6. The molecule has 3 saturated heterocycles. The zero-order chi connectivity index (χ0) is 50.2. The van der Waals surface area contributed by atoms with Gasteiger partial charge in [-0.3, -0.25) is 14.6 Å². The average molecular weight is 1220 g/mol. The molecule has 28 heteroatoms. The molecule has 0 unspecified atom stereocenters. The minimum Gasteiger partial charge on any atom is -0.412 e. The predicted octanol–water partition coefficient (Wildman–Crippen LogP) is 7.95. The molecule has 8 rings (SSSR count). The molecule has 3 aromatic heterocycles. The summed E-state index contributed by atoms with van der Waals surface area (Å²) in [4.78, 5) is 48.7. The molecule has 0 aromatic carbocycles. The van der Waals surface area contributed by atoms with E-state index in [1.165, 1.54) is 57.9 Å². The highest BCUT2D eigenvalue weighted by Gasteiger charge is 2.27. The minimum absolute atomic E-state index is 0. The van der Waals surface area contributed by atoms with Crippen LogP contribution in [0.25, 0.3) is 0 Å². The molecule has 0 bridgehead atoms. The molecular weight excluding hydrogens is 1140 g/mol. The van der Waals surface area contributed by atoms with Gasteiger partial charge in [-0.15, -0.1) is 37.2 Å². The van der Waals surface area contributed by atoms with E-state index in [4.69, 9.17) is 75.3 Å². The molecule has 1 amide bonds. The Morgan fingerprint density at radius 2 is 0.878 bits per heavy atom. The van der Waals surface area contributed by atoms with E-state index in [-0.39, 0.29) is 58.9 Å². The van der Waals surface area contributed by atoms with Gasteiger partial charge in [-0.1, -0.05) is 76.5 Å². The van der Waals surface area contributed by atoms with Gasteiger partial charge >= 0.3 is 0 Å². The number of nitrogens with two attached hydrogens (primary N) is 1. The second kappa shape index (κ2) is 34.7. The number of piperazine rings is 3. The van der Waals surface area contributed by atoms with Crippen molar-refractivity contribution in [2.24, 2.45) is 17.6 Å². The normalized spacial score (nSPS) is 21.1. The first-order valence-corrected chi connectivity index (χ1v) is 27.2. The number of nitrogens with zero attached hydrogens (tertiary/aromatic N) is 11. The van der Waals surface area contributed by atoms with Crippen LogP contribution in [0.3, 0.4) is 0 Å². The number of nitrogens with one attached hydrogen (secondary N) is 5. The Morgan fingerprint density at radius 1 is 0.541 bits per heavy atom. The van der Waals surface area contributed by atoms with Gasteiger partial charge in [0.05, 0.1) is 0 Å². The van der Waals surface area contributed by atoms with Crippen molar-refractivity contribution in [1.29, 1.82) is 0 Å². The summed E-state index contributed by atoms with van der Waals surface area (Å²) in [6, 6.07) is 0.820. The number of carbonyl (C=O) groups excluding carboxylic acids is 1. The first-order chi connectivity index (χ1) is 33.8. The van der Waals surface area contributed by atoms with E-state index in [9.17, 15) is 4.79 Å².